The summed E-state index contributed by atoms with van der Waals surface area (Å²) in [5.74, 6) is 1.10. The van der Waals surface area contributed by atoms with E-state index in [2.05, 4.69) is 39.0 Å². The molecule has 0 spiro atoms. The van der Waals surface area contributed by atoms with E-state index in [0.717, 1.165) is 33.9 Å². The van der Waals surface area contributed by atoms with Crippen molar-refractivity contribution < 1.29 is 19.3 Å². The molecule has 0 aromatic heterocycles. The highest BCUT2D eigenvalue weighted by Gasteiger charge is 2.24. The molecule has 0 bridgehead atoms. The molecule has 0 radical (unpaired) electrons. The van der Waals surface area contributed by atoms with E-state index in [1.54, 1.807) is 0 Å². The van der Waals surface area contributed by atoms with Gasteiger partial charge in [0.2, 0.25) is 0 Å². The summed E-state index contributed by atoms with van der Waals surface area (Å²) < 4.78 is 17.2. The van der Waals surface area contributed by atoms with Gasteiger partial charge in [0.1, 0.15) is 24.2 Å². The lowest BCUT2D eigenvalue weighted by Gasteiger charge is -2.22. The molecule has 3 aromatic rings. The first-order valence-electron chi connectivity index (χ1n) is 9.88. The van der Waals surface area contributed by atoms with Gasteiger partial charge < -0.3 is 19.3 Å². The van der Waals surface area contributed by atoms with Gasteiger partial charge in [0.15, 0.2) is 0 Å². The Morgan fingerprint density at radius 2 is 1.75 bits per heavy atom. The summed E-state index contributed by atoms with van der Waals surface area (Å²) >= 11 is 0. The van der Waals surface area contributed by atoms with Gasteiger partial charge >= 0.3 is 0 Å². The SMILES string of the molecule is CC(COc1c2ccccc2c(O)c2cc(C(C)(C)C)ccc12)OCC1CO1. The average Bonchev–Trinajstić information content (AvgIpc) is 3.50. The van der Waals surface area contributed by atoms with Crippen LogP contribution in [0, 0.1) is 0 Å². The van der Waals surface area contributed by atoms with Crippen molar-refractivity contribution >= 4 is 21.5 Å². The normalized spacial score (nSPS) is 17.8. The number of epoxide rings is 1. The first-order valence-corrected chi connectivity index (χ1v) is 9.88. The monoisotopic (exact) mass is 380 g/mol. The highest BCUT2D eigenvalue weighted by Crippen LogP contribution is 2.43. The lowest BCUT2D eigenvalue weighted by atomic mass is 9.85. The summed E-state index contributed by atoms with van der Waals surface area (Å²) in [4.78, 5) is 0. The topological polar surface area (TPSA) is 51.2 Å². The maximum atomic E-state index is 11.0. The molecule has 0 aliphatic carbocycles. The molecule has 1 N–H and O–H groups in total. The van der Waals surface area contributed by atoms with Gasteiger partial charge in [-0.15, -0.1) is 0 Å². The van der Waals surface area contributed by atoms with Crippen molar-refractivity contribution in [2.24, 2.45) is 0 Å². The van der Waals surface area contributed by atoms with Gasteiger partial charge in [-0.25, -0.2) is 0 Å². The van der Waals surface area contributed by atoms with Crippen LogP contribution >= 0.6 is 0 Å². The summed E-state index contributed by atoms with van der Waals surface area (Å²) in [5, 5.41) is 14.4. The lowest BCUT2D eigenvalue weighted by molar-refractivity contribution is 0.0248. The van der Waals surface area contributed by atoms with Gasteiger partial charge in [0.05, 0.1) is 19.3 Å². The molecule has 4 nitrogen and oxygen atoms in total. The van der Waals surface area contributed by atoms with Gasteiger partial charge in [-0.1, -0.05) is 57.2 Å². The molecule has 1 fully saturated rings. The predicted octanol–water partition coefficient (Wildman–Crippen LogP) is 5.18. The second kappa shape index (κ2) is 7.26. The van der Waals surface area contributed by atoms with E-state index in [0.29, 0.717) is 19.0 Å². The fraction of sp³-hybridized carbons (Fsp3) is 0.417. The third-order valence-corrected chi connectivity index (χ3v) is 5.24. The number of fused-ring (bicyclic) bond motifs is 2. The first kappa shape index (κ1) is 19.0. The highest BCUT2D eigenvalue weighted by molar-refractivity contribution is 6.11. The zero-order chi connectivity index (χ0) is 19.9. The Kier molecular flexibility index (Phi) is 4.94. The first-order chi connectivity index (χ1) is 13.3. The van der Waals surface area contributed by atoms with E-state index in [1.165, 1.54) is 5.56 Å². The smallest absolute Gasteiger partial charge is 0.135 e. The van der Waals surface area contributed by atoms with Crippen LogP contribution in [-0.2, 0) is 14.9 Å². The van der Waals surface area contributed by atoms with Crippen molar-refractivity contribution in [3.05, 3.63) is 48.0 Å². The van der Waals surface area contributed by atoms with Crippen LogP contribution in [0.5, 0.6) is 11.5 Å². The summed E-state index contributed by atoms with van der Waals surface area (Å²) in [5.41, 5.74) is 1.18. The molecule has 148 valence electrons. The van der Waals surface area contributed by atoms with E-state index in [9.17, 15) is 5.11 Å². The number of phenols is 1. The molecule has 4 rings (SSSR count). The minimum absolute atomic E-state index is 0.000527. The van der Waals surface area contributed by atoms with Crippen LogP contribution < -0.4 is 4.74 Å². The maximum Gasteiger partial charge on any atom is 0.135 e. The van der Waals surface area contributed by atoms with Crippen LogP contribution in [0.2, 0.25) is 0 Å². The summed E-state index contributed by atoms with van der Waals surface area (Å²) in [6, 6.07) is 14.1. The highest BCUT2D eigenvalue weighted by atomic mass is 16.6. The van der Waals surface area contributed by atoms with E-state index in [4.69, 9.17) is 14.2 Å². The molecule has 3 aromatic carbocycles. The van der Waals surface area contributed by atoms with Crippen LogP contribution in [-0.4, -0.2) is 37.1 Å². The van der Waals surface area contributed by atoms with Crippen LogP contribution in [0.1, 0.15) is 33.3 Å². The lowest BCUT2D eigenvalue weighted by Crippen LogP contribution is -2.20. The molecule has 1 aliphatic heterocycles. The quantitative estimate of drug-likeness (QED) is 0.473. The third-order valence-electron chi connectivity index (χ3n) is 5.24. The van der Waals surface area contributed by atoms with E-state index in [-0.39, 0.29) is 17.6 Å². The van der Waals surface area contributed by atoms with Crippen LogP contribution in [0.25, 0.3) is 21.5 Å². The van der Waals surface area contributed by atoms with Gasteiger partial charge in [-0.3, -0.25) is 0 Å². The van der Waals surface area contributed by atoms with Crippen LogP contribution in [0.15, 0.2) is 42.5 Å². The molecule has 0 saturated carbocycles. The molecule has 1 heterocycles. The fourth-order valence-electron chi connectivity index (χ4n) is 3.42. The molecule has 1 aliphatic rings. The fourth-order valence-corrected chi connectivity index (χ4v) is 3.42. The Morgan fingerprint density at radius 3 is 2.43 bits per heavy atom. The van der Waals surface area contributed by atoms with Crippen molar-refractivity contribution in [2.75, 3.05) is 19.8 Å². The van der Waals surface area contributed by atoms with Crippen LogP contribution in [0.3, 0.4) is 0 Å². The summed E-state index contributed by atoms with van der Waals surface area (Å²) in [7, 11) is 0. The van der Waals surface area contributed by atoms with Gasteiger partial charge in [0, 0.05) is 21.5 Å². The Morgan fingerprint density at radius 1 is 1.07 bits per heavy atom. The number of hydrogen-bond acceptors (Lipinski definition) is 4. The molecule has 0 amide bonds. The zero-order valence-electron chi connectivity index (χ0n) is 17.0. The van der Waals surface area contributed by atoms with Gasteiger partial charge in [0.25, 0.3) is 0 Å². The molecule has 28 heavy (non-hydrogen) atoms. The zero-order valence-corrected chi connectivity index (χ0v) is 17.0. The van der Waals surface area contributed by atoms with Crippen molar-refractivity contribution in [2.45, 2.75) is 45.3 Å². The van der Waals surface area contributed by atoms with Crippen molar-refractivity contribution in [1.29, 1.82) is 0 Å². The molecule has 2 unspecified atom stereocenters. The Bertz CT molecular complexity index is 999. The van der Waals surface area contributed by atoms with Crippen molar-refractivity contribution in [3.8, 4) is 11.5 Å². The number of rotatable bonds is 6. The third kappa shape index (κ3) is 3.80. The number of phenolic OH excluding ortho intramolecular Hbond substituents is 1. The maximum absolute atomic E-state index is 11.0. The number of hydrogen-bond donors (Lipinski definition) is 1. The number of aromatic hydroxyl groups is 1. The Labute approximate surface area is 166 Å². The number of ether oxygens (including phenoxy) is 3. The van der Waals surface area contributed by atoms with E-state index in [1.807, 2.05) is 31.2 Å². The standard InChI is InChI=1S/C24H28O4/c1-15(26-13-17-14-27-17)12-28-23-19-8-6-5-7-18(19)22(25)21-11-16(24(2,3)4)9-10-20(21)23/h5-11,15,17,25H,12-14H2,1-4H3. The predicted molar refractivity (Wildman–Crippen MR) is 112 cm³/mol. The largest absolute Gasteiger partial charge is 0.507 e. The number of benzene rings is 3. The molecule has 2 atom stereocenters. The van der Waals surface area contributed by atoms with Crippen molar-refractivity contribution in [3.63, 3.8) is 0 Å². The van der Waals surface area contributed by atoms with Crippen molar-refractivity contribution in [1.82, 2.24) is 0 Å². The molecular weight excluding hydrogens is 352 g/mol. The second-order valence-corrected chi connectivity index (χ2v) is 8.64. The average molecular weight is 380 g/mol. The Hall–Kier alpha value is -2.30. The van der Waals surface area contributed by atoms with Crippen LogP contribution in [0.4, 0.5) is 0 Å². The second-order valence-electron chi connectivity index (χ2n) is 8.64. The summed E-state index contributed by atoms with van der Waals surface area (Å²) in [6.45, 7) is 10.4. The minimum Gasteiger partial charge on any atom is -0.507 e. The van der Waals surface area contributed by atoms with Gasteiger partial charge in [-0.2, -0.15) is 0 Å². The Balaban J connectivity index is 1.74. The van der Waals surface area contributed by atoms with E-state index >= 15 is 0 Å². The summed E-state index contributed by atoms with van der Waals surface area (Å²) in [6.07, 6.45) is 0.203. The molecule has 1 saturated heterocycles. The van der Waals surface area contributed by atoms with Gasteiger partial charge in [-0.05, 0) is 24.0 Å². The molecule has 4 heteroatoms. The molecular formula is C24H28O4. The van der Waals surface area contributed by atoms with E-state index < -0.39 is 0 Å². The minimum atomic E-state index is -0.0411.